The molecular weight excluding hydrogens is 203 g/mol. The van der Waals surface area contributed by atoms with Crippen molar-refractivity contribution in [3.8, 4) is 0 Å². The first-order valence-electron chi connectivity index (χ1n) is 5.69. The normalized spacial score (nSPS) is 17.8. The highest BCUT2D eigenvalue weighted by molar-refractivity contribution is 5.79. The minimum Gasteiger partial charge on any atom is -0.361 e. The standard InChI is InChI=1S/C13H15FN2/c14-6-11-8-16(9-11)7-10-1-2-13-12(5-10)3-4-15-13/h1-5,11,15H,6-9H2. The predicted molar refractivity (Wildman–Crippen MR) is 63.0 cm³/mol. The Hall–Kier alpha value is -1.35. The number of hydrogen-bond donors (Lipinski definition) is 1. The van der Waals surface area contributed by atoms with Crippen LogP contribution in [0.25, 0.3) is 10.9 Å². The number of H-pyrrole nitrogens is 1. The van der Waals surface area contributed by atoms with E-state index in [-0.39, 0.29) is 12.6 Å². The summed E-state index contributed by atoms with van der Waals surface area (Å²) in [6.07, 6.45) is 1.96. The minimum atomic E-state index is -0.173. The molecule has 1 aliphatic rings. The number of rotatable bonds is 3. The van der Waals surface area contributed by atoms with Crippen LogP contribution < -0.4 is 0 Å². The van der Waals surface area contributed by atoms with Crippen LogP contribution in [0.1, 0.15) is 5.56 Å². The summed E-state index contributed by atoms with van der Waals surface area (Å²) in [5.41, 5.74) is 2.48. The predicted octanol–water partition coefficient (Wildman–Crippen LogP) is 2.57. The Morgan fingerprint density at radius 3 is 3.00 bits per heavy atom. The average Bonchev–Trinajstić information content (AvgIpc) is 2.69. The van der Waals surface area contributed by atoms with Gasteiger partial charge in [-0.15, -0.1) is 0 Å². The molecule has 1 saturated heterocycles. The van der Waals surface area contributed by atoms with Crippen molar-refractivity contribution in [1.82, 2.24) is 9.88 Å². The van der Waals surface area contributed by atoms with Crippen molar-refractivity contribution in [2.45, 2.75) is 6.54 Å². The fourth-order valence-electron chi connectivity index (χ4n) is 2.36. The molecule has 2 heterocycles. The van der Waals surface area contributed by atoms with E-state index in [0.29, 0.717) is 0 Å². The van der Waals surface area contributed by atoms with Crippen LogP contribution in [-0.4, -0.2) is 29.6 Å². The van der Waals surface area contributed by atoms with E-state index in [4.69, 9.17) is 0 Å². The highest BCUT2D eigenvalue weighted by Crippen LogP contribution is 2.21. The molecule has 84 valence electrons. The Balaban J connectivity index is 1.70. The quantitative estimate of drug-likeness (QED) is 0.839. The number of aromatic amines is 1. The van der Waals surface area contributed by atoms with Crippen molar-refractivity contribution >= 4 is 10.9 Å². The Kier molecular flexibility index (Phi) is 2.40. The third-order valence-corrected chi connectivity index (χ3v) is 3.27. The summed E-state index contributed by atoms with van der Waals surface area (Å²) >= 11 is 0. The second-order valence-corrected chi connectivity index (χ2v) is 4.61. The third-order valence-electron chi connectivity index (χ3n) is 3.27. The molecule has 3 rings (SSSR count). The average molecular weight is 218 g/mol. The van der Waals surface area contributed by atoms with E-state index in [9.17, 15) is 4.39 Å². The van der Waals surface area contributed by atoms with Gasteiger partial charge in [0.2, 0.25) is 0 Å². The first-order valence-corrected chi connectivity index (χ1v) is 5.69. The molecule has 0 atom stereocenters. The lowest BCUT2D eigenvalue weighted by Gasteiger charge is -2.37. The van der Waals surface area contributed by atoms with Gasteiger partial charge in [0.25, 0.3) is 0 Å². The summed E-state index contributed by atoms with van der Waals surface area (Å²) in [7, 11) is 0. The summed E-state index contributed by atoms with van der Waals surface area (Å²) in [5, 5.41) is 1.25. The van der Waals surface area contributed by atoms with Crippen LogP contribution in [0.5, 0.6) is 0 Å². The summed E-state index contributed by atoms with van der Waals surface area (Å²) in [5.74, 6) is 0.274. The molecule has 2 aromatic rings. The van der Waals surface area contributed by atoms with E-state index < -0.39 is 0 Å². The molecule has 0 saturated carbocycles. The van der Waals surface area contributed by atoms with Gasteiger partial charge >= 0.3 is 0 Å². The Labute approximate surface area is 94.1 Å². The molecule has 2 nitrogen and oxygen atoms in total. The van der Waals surface area contributed by atoms with E-state index in [0.717, 1.165) is 19.6 Å². The zero-order chi connectivity index (χ0) is 11.0. The fourth-order valence-corrected chi connectivity index (χ4v) is 2.36. The molecule has 0 amide bonds. The molecule has 16 heavy (non-hydrogen) atoms. The number of likely N-dealkylation sites (tertiary alicyclic amines) is 1. The highest BCUT2D eigenvalue weighted by atomic mass is 19.1. The zero-order valence-corrected chi connectivity index (χ0v) is 9.12. The lowest BCUT2D eigenvalue weighted by Crippen LogP contribution is -2.46. The van der Waals surface area contributed by atoms with Gasteiger partial charge in [-0.2, -0.15) is 0 Å². The Morgan fingerprint density at radius 2 is 2.19 bits per heavy atom. The van der Waals surface area contributed by atoms with Gasteiger partial charge in [0.15, 0.2) is 0 Å². The topological polar surface area (TPSA) is 19.0 Å². The van der Waals surface area contributed by atoms with Crippen LogP contribution in [0.15, 0.2) is 30.5 Å². The van der Waals surface area contributed by atoms with Crippen LogP contribution in [0.3, 0.4) is 0 Å². The number of nitrogens with one attached hydrogen (secondary N) is 1. The Morgan fingerprint density at radius 1 is 1.31 bits per heavy atom. The van der Waals surface area contributed by atoms with Crippen LogP contribution >= 0.6 is 0 Å². The first kappa shape index (κ1) is 9.85. The van der Waals surface area contributed by atoms with Gasteiger partial charge in [-0.3, -0.25) is 9.29 Å². The molecule has 3 heteroatoms. The number of benzene rings is 1. The van der Waals surface area contributed by atoms with Crippen LogP contribution in [0.4, 0.5) is 4.39 Å². The summed E-state index contributed by atoms with van der Waals surface area (Å²) in [6, 6.07) is 8.53. The minimum absolute atomic E-state index is 0.173. The van der Waals surface area contributed by atoms with Gasteiger partial charge in [0.1, 0.15) is 0 Å². The first-order chi connectivity index (χ1) is 7.85. The van der Waals surface area contributed by atoms with Crippen molar-refractivity contribution in [3.05, 3.63) is 36.0 Å². The van der Waals surface area contributed by atoms with Crippen molar-refractivity contribution < 1.29 is 4.39 Å². The number of nitrogens with zero attached hydrogens (tertiary/aromatic N) is 1. The van der Waals surface area contributed by atoms with Crippen LogP contribution in [-0.2, 0) is 6.54 Å². The van der Waals surface area contributed by atoms with E-state index >= 15 is 0 Å². The van der Waals surface area contributed by atoms with E-state index in [1.54, 1.807) is 0 Å². The second kappa shape index (κ2) is 3.91. The number of aromatic nitrogens is 1. The van der Waals surface area contributed by atoms with Crippen molar-refractivity contribution in [2.24, 2.45) is 5.92 Å². The maximum absolute atomic E-state index is 12.3. The third kappa shape index (κ3) is 1.71. The van der Waals surface area contributed by atoms with Gasteiger partial charge in [-0.25, -0.2) is 0 Å². The number of fused-ring (bicyclic) bond motifs is 1. The maximum Gasteiger partial charge on any atom is 0.0947 e. The van der Waals surface area contributed by atoms with E-state index in [2.05, 4.69) is 34.1 Å². The molecule has 1 aliphatic heterocycles. The summed E-state index contributed by atoms with van der Waals surface area (Å²) in [4.78, 5) is 5.47. The van der Waals surface area contributed by atoms with Gasteiger partial charge in [0.05, 0.1) is 6.67 Å². The summed E-state index contributed by atoms with van der Waals surface area (Å²) < 4.78 is 12.3. The van der Waals surface area contributed by atoms with Crippen LogP contribution in [0, 0.1) is 5.92 Å². The molecule has 1 fully saturated rings. The number of halogens is 1. The largest absolute Gasteiger partial charge is 0.361 e. The van der Waals surface area contributed by atoms with Gasteiger partial charge in [0, 0.05) is 37.3 Å². The zero-order valence-electron chi connectivity index (χ0n) is 9.12. The molecule has 0 unspecified atom stereocenters. The van der Waals surface area contributed by atoms with Crippen molar-refractivity contribution in [3.63, 3.8) is 0 Å². The van der Waals surface area contributed by atoms with E-state index in [1.165, 1.54) is 16.5 Å². The molecule has 1 aromatic heterocycles. The molecule has 0 spiro atoms. The molecule has 1 N–H and O–H groups in total. The second-order valence-electron chi connectivity index (χ2n) is 4.61. The van der Waals surface area contributed by atoms with Gasteiger partial charge < -0.3 is 4.98 Å². The number of alkyl halides is 1. The van der Waals surface area contributed by atoms with E-state index in [1.807, 2.05) is 6.20 Å². The molecular formula is C13H15FN2. The maximum atomic E-state index is 12.3. The molecule has 0 radical (unpaired) electrons. The molecule has 0 aliphatic carbocycles. The SMILES string of the molecule is FCC1CN(Cc2ccc3[nH]ccc3c2)C1. The summed E-state index contributed by atoms with van der Waals surface area (Å²) in [6.45, 7) is 2.58. The number of hydrogen-bond acceptors (Lipinski definition) is 1. The van der Waals surface area contributed by atoms with Crippen LogP contribution in [0.2, 0.25) is 0 Å². The molecule has 0 bridgehead atoms. The lowest BCUT2D eigenvalue weighted by molar-refractivity contribution is 0.0738. The Bertz CT molecular complexity index is 485. The van der Waals surface area contributed by atoms with Crippen molar-refractivity contribution in [2.75, 3.05) is 19.8 Å². The lowest BCUT2D eigenvalue weighted by atomic mass is 10.0. The van der Waals surface area contributed by atoms with Gasteiger partial charge in [-0.05, 0) is 29.1 Å². The van der Waals surface area contributed by atoms with Gasteiger partial charge in [-0.1, -0.05) is 6.07 Å². The van der Waals surface area contributed by atoms with Crippen molar-refractivity contribution in [1.29, 1.82) is 0 Å². The highest BCUT2D eigenvalue weighted by Gasteiger charge is 2.26. The monoisotopic (exact) mass is 218 g/mol. The molecule has 1 aromatic carbocycles. The fraction of sp³-hybridized carbons (Fsp3) is 0.385. The smallest absolute Gasteiger partial charge is 0.0947 e.